The van der Waals surface area contributed by atoms with Crippen molar-refractivity contribution < 1.29 is 9.53 Å². The Bertz CT molecular complexity index is 737. The quantitative estimate of drug-likeness (QED) is 0.376. The van der Waals surface area contributed by atoms with E-state index >= 15 is 0 Å². The summed E-state index contributed by atoms with van der Waals surface area (Å²) in [6.07, 6.45) is 4.39. The topological polar surface area (TPSA) is 69.2 Å². The lowest BCUT2D eigenvalue weighted by atomic mass is 9.85. The summed E-state index contributed by atoms with van der Waals surface area (Å²) in [7, 11) is 0. The number of benzene rings is 1. The maximum absolute atomic E-state index is 12.0. The first-order valence-electron chi connectivity index (χ1n) is 11.9. The maximum atomic E-state index is 12.0. The van der Waals surface area contributed by atoms with E-state index in [9.17, 15) is 4.79 Å². The fourth-order valence-corrected chi connectivity index (χ4v) is 4.66. The summed E-state index contributed by atoms with van der Waals surface area (Å²) in [5.41, 5.74) is 1.35. The largest absolute Gasteiger partial charge is 0.373 e. The molecule has 4 rings (SSSR count). The number of fused-ring (bicyclic) bond motifs is 1. The minimum absolute atomic E-state index is 0.224. The lowest BCUT2D eigenvalue weighted by molar-refractivity contribution is -0.127. The highest BCUT2D eigenvalue weighted by Crippen LogP contribution is 2.26. The molecule has 2 unspecified atom stereocenters. The van der Waals surface area contributed by atoms with Gasteiger partial charge in [-0.2, -0.15) is 0 Å². The molecule has 170 valence electrons. The van der Waals surface area contributed by atoms with Crippen molar-refractivity contribution in [1.29, 1.82) is 0 Å². The molecule has 1 aromatic rings. The normalized spacial score (nSPS) is 24.5. The van der Waals surface area contributed by atoms with Crippen LogP contribution in [0.25, 0.3) is 0 Å². The van der Waals surface area contributed by atoms with Crippen LogP contribution in [0.4, 0.5) is 0 Å². The first kappa shape index (κ1) is 22.1. The Morgan fingerprint density at radius 2 is 2.03 bits per heavy atom. The molecule has 0 spiro atoms. The van der Waals surface area contributed by atoms with Crippen molar-refractivity contribution in [2.75, 3.05) is 45.9 Å². The van der Waals surface area contributed by atoms with Gasteiger partial charge in [0.1, 0.15) is 0 Å². The van der Waals surface area contributed by atoms with Gasteiger partial charge in [0, 0.05) is 51.7 Å². The van der Waals surface area contributed by atoms with E-state index in [4.69, 9.17) is 9.73 Å². The summed E-state index contributed by atoms with van der Waals surface area (Å²) in [4.78, 5) is 21.7. The molecule has 1 aromatic carbocycles. The second kappa shape index (κ2) is 11.0. The van der Waals surface area contributed by atoms with Crippen molar-refractivity contribution in [3.63, 3.8) is 0 Å². The van der Waals surface area contributed by atoms with E-state index < -0.39 is 0 Å². The number of amides is 1. The Labute approximate surface area is 186 Å². The first-order valence-corrected chi connectivity index (χ1v) is 11.9. The van der Waals surface area contributed by atoms with Crippen molar-refractivity contribution in [3.8, 4) is 0 Å². The van der Waals surface area contributed by atoms with E-state index in [-0.39, 0.29) is 17.9 Å². The minimum atomic E-state index is 0.224. The number of nitrogens with one attached hydrogen (secondary N) is 2. The highest BCUT2D eigenvalue weighted by molar-refractivity contribution is 5.80. The average molecular weight is 428 g/mol. The number of carbonyl (C=O) groups excluding carboxylic acids is 1. The van der Waals surface area contributed by atoms with Crippen LogP contribution >= 0.6 is 0 Å². The Hall–Kier alpha value is -2.12. The molecule has 7 nitrogen and oxygen atoms in total. The fourth-order valence-electron chi connectivity index (χ4n) is 4.66. The third kappa shape index (κ3) is 5.77. The summed E-state index contributed by atoms with van der Waals surface area (Å²) in [6, 6.07) is 11.1. The molecule has 0 bridgehead atoms. The van der Waals surface area contributed by atoms with Gasteiger partial charge in [0.05, 0.1) is 18.8 Å². The van der Waals surface area contributed by atoms with E-state index in [0.29, 0.717) is 19.1 Å². The zero-order chi connectivity index (χ0) is 21.5. The molecule has 0 radical (unpaired) electrons. The summed E-state index contributed by atoms with van der Waals surface area (Å²) in [5, 5.41) is 6.51. The molecule has 1 saturated carbocycles. The van der Waals surface area contributed by atoms with E-state index in [0.717, 1.165) is 64.6 Å². The predicted octanol–water partition coefficient (Wildman–Crippen LogP) is 1.84. The van der Waals surface area contributed by atoms with Crippen LogP contribution in [0.5, 0.6) is 0 Å². The third-order valence-electron chi connectivity index (χ3n) is 6.65. The molecule has 2 aliphatic heterocycles. The Morgan fingerprint density at radius 3 is 2.77 bits per heavy atom. The van der Waals surface area contributed by atoms with Gasteiger partial charge >= 0.3 is 0 Å². The molecule has 2 N–H and O–H groups in total. The number of hydrogen-bond acceptors (Lipinski definition) is 4. The number of morpholine rings is 1. The minimum Gasteiger partial charge on any atom is -0.373 e. The number of carbonyl (C=O) groups is 1. The standard InChI is InChI=1S/C24H37N5O2/c1-2-25-24(27-13-7-12-26-23(30)20-10-6-11-20)29-17-21-22(18-29)31-15-14-28(21)16-19-8-4-3-5-9-19/h3-5,8-9,20-22H,2,6-7,10-18H2,1H3,(H,25,27)(H,26,30). The smallest absolute Gasteiger partial charge is 0.223 e. The lowest BCUT2D eigenvalue weighted by Gasteiger charge is -2.36. The molecule has 31 heavy (non-hydrogen) atoms. The van der Waals surface area contributed by atoms with Gasteiger partial charge in [-0.05, 0) is 31.7 Å². The van der Waals surface area contributed by atoms with Crippen LogP contribution in [0.2, 0.25) is 0 Å². The fraction of sp³-hybridized carbons (Fsp3) is 0.667. The Kier molecular flexibility index (Phi) is 7.81. The van der Waals surface area contributed by atoms with Crippen LogP contribution in [0.1, 0.15) is 38.2 Å². The van der Waals surface area contributed by atoms with Gasteiger partial charge in [0.25, 0.3) is 0 Å². The van der Waals surface area contributed by atoms with Gasteiger partial charge in [-0.1, -0.05) is 36.8 Å². The van der Waals surface area contributed by atoms with Crippen molar-refractivity contribution in [3.05, 3.63) is 35.9 Å². The van der Waals surface area contributed by atoms with Crippen molar-refractivity contribution >= 4 is 11.9 Å². The van der Waals surface area contributed by atoms with E-state index in [2.05, 4.69) is 57.7 Å². The average Bonchev–Trinajstić information content (AvgIpc) is 3.17. The molecular weight excluding hydrogens is 390 g/mol. The second-order valence-corrected chi connectivity index (χ2v) is 8.85. The molecule has 3 aliphatic rings. The number of hydrogen-bond donors (Lipinski definition) is 2. The lowest BCUT2D eigenvalue weighted by Crippen LogP contribution is -2.50. The van der Waals surface area contributed by atoms with Crippen LogP contribution in [0.15, 0.2) is 35.3 Å². The molecule has 1 aliphatic carbocycles. The van der Waals surface area contributed by atoms with Crippen LogP contribution < -0.4 is 10.6 Å². The summed E-state index contributed by atoms with van der Waals surface area (Å²) in [6.45, 7) is 8.91. The first-order chi connectivity index (χ1) is 15.2. The number of rotatable bonds is 8. The molecule has 2 saturated heterocycles. The van der Waals surface area contributed by atoms with Crippen molar-refractivity contribution in [1.82, 2.24) is 20.4 Å². The number of likely N-dealkylation sites (tertiary alicyclic amines) is 1. The Morgan fingerprint density at radius 1 is 1.19 bits per heavy atom. The van der Waals surface area contributed by atoms with Crippen molar-refractivity contribution in [2.24, 2.45) is 10.9 Å². The highest BCUT2D eigenvalue weighted by atomic mass is 16.5. The zero-order valence-corrected chi connectivity index (χ0v) is 18.8. The van der Waals surface area contributed by atoms with Gasteiger partial charge in [0.15, 0.2) is 5.96 Å². The Balaban J connectivity index is 1.28. The number of nitrogens with zero attached hydrogens (tertiary/aromatic N) is 3. The van der Waals surface area contributed by atoms with Crippen LogP contribution in [-0.4, -0.2) is 79.7 Å². The van der Waals surface area contributed by atoms with Gasteiger partial charge < -0.3 is 20.3 Å². The third-order valence-corrected chi connectivity index (χ3v) is 6.65. The van der Waals surface area contributed by atoms with E-state index in [1.807, 2.05) is 0 Å². The molecule has 3 fully saturated rings. The maximum Gasteiger partial charge on any atom is 0.223 e. The summed E-state index contributed by atoms with van der Waals surface area (Å²) < 4.78 is 6.12. The van der Waals surface area contributed by atoms with Crippen LogP contribution in [0, 0.1) is 5.92 Å². The number of guanidine groups is 1. The SMILES string of the molecule is CCNC(=NCCCNC(=O)C1CCC1)N1CC2OCCN(Cc3ccccc3)C2C1. The van der Waals surface area contributed by atoms with Gasteiger partial charge in [-0.25, -0.2) is 0 Å². The predicted molar refractivity (Wildman–Crippen MR) is 123 cm³/mol. The zero-order valence-electron chi connectivity index (χ0n) is 18.8. The summed E-state index contributed by atoms with van der Waals surface area (Å²) in [5.74, 6) is 1.44. The molecule has 7 heteroatoms. The number of aliphatic imine (C=N–C) groups is 1. The van der Waals surface area contributed by atoms with E-state index in [1.165, 1.54) is 12.0 Å². The van der Waals surface area contributed by atoms with Gasteiger partial charge in [-0.15, -0.1) is 0 Å². The number of ether oxygens (including phenoxy) is 1. The van der Waals surface area contributed by atoms with Crippen LogP contribution in [-0.2, 0) is 16.1 Å². The summed E-state index contributed by atoms with van der Waals surface area (Å²) >= 11 is 0. The van der Waals surface area contributed by atoms with E-state index in [1.54, 1.807) is 0 Å². The molecule has 2 atom stereocenters. The molecular formula is C24H37N5O2. The van der Waals surface area contributed by atoms with Crippen LogP contribution in [0.3, 0.4) is 0 Å². The molecule has 0 aromatic heterocycles. The molecule has 1 amide bonds. The van der Waals surface area contributed by atoms with Crippen molar-refractivity contribution in [2.45, 2.75) is 51.3 Å². The van der Waals surface area contributed by atoms with Gasteiger partial charge in [0.2, 0.25) is 5.91 Å². The monoisotopic (exact) mass is 427 g/mol. The van der Waals surface area contributed by atoms with Gasteiger partial charge in [-0.3, -0.25) is 14.7 Å². The highest BCUT2D eigenvalue weighted by Gasteiger charge is 2.41. The molecule has 2 heterocycles. The second-order valence-electron chi connectivity index (χ2n) is 8.85.